The molecular weight excluding hydrogens is 430 g/mol. The molecule has 0 radical (unpaired) electrons. The fraction of sp³-hybridized carbons (Fsp3) is 0.385. The Bertz CT molecular complexity index is 1100. The van der Waals surface area contributed by atoms with E-state index in [0.717, 1.165) is 37.8 Å². The van der Waals surface area contributed by atoms with Gasteiger partial charge in [0.15, 0.2) is 11.5 Å². The second-order valence-corrected chi connectivity index (χ2v) is 8.87. The Morgan fingerprint density at radius 3 is 2.44 bits per heavy atom. The van der Waals surface area contributed by atoms with Crippen LogP contribution < -0.4 is 10.6 Å². The Hall–Kier alpha value is -3.52. The summed E-state index contributed by atoms with van der Waals surface area (Å²) in [6.07, 6.45) is 7.41. The van der Waals surface area contributed by atoms with Gasteiger partial charge in [0.2, 0.25) is 5.75 Å². The maximum Gasteiger partial charge on any atom is 0.274 e. The number of aromatic hydroxyl groups is 2. The van der Waals surface area contributed by atoms with E-state index < -0.39 is 17.5 Å². The van der Waals surface area contributed by atoms with Crippen molar-refractivity contribution < 1.29 is 15.0 Å². The van der Waals surface area contributed by atoms with Gasteiger partial charge in [-0.2, -0.15) is 4.98 Å². The van der Waals surface area contributed by atoms with Gasteiger partial charge in [0.25, 0.3) is 11.8 Å². The number of pyridine rings is 1. The molecule has 0 spiro atoms. The summed E-state index contributed by atoms with van der Waals surface area (Å²) >= 11 is 0. The minimum atomic E-state index is -0.643. The van der Waals surface area contributed by atoms with E-state index in [2.05, 4.69) is 37.7 Å². The van der Waals surface area contributed by atoms with Crippen molar-refractivity contribution in [3.63, 3.8) is 0 Å². The number of carbonyl (C=O) groups is 1. The maximum atomic E-state index is 12.8. The number of rotatable bonds is 8. The van der Waals surface area contributed by atoms with Crippen molar-refractivity contribution in [2.45, 2.75) is 58.2 Å². The van der Waals surface area contributed by atoms with Crippen LogP contribution in [0.5, 0.6) is 11.6 Å². The number of nitrogens with zero attached hydrogens (tertiary/aromatic N) is 3. The number of amides is 1. The lowest BCUT2D eigenvalue weighted by Gasteiger charge is -2.28. The number of nitrogens with one attached hydrogen (secondary N) is 2. The van der Waals surface area contributed by atoms with Gasteiger partial charge in [-0.3, -0.25) is 9.78 Å². The van der Waals surface area contributed by atoms with E-state index in [0.29, 0.717) is 18.2 Å². The molecular formula is C26H31N5O3. The summed E-state index contributed by atoms with van der Waals surface area (Å²) in [5, 5.41) is 26.7. The van der Waals surface area contributed by atoms with Gasteiger partial charge < -0.3 is 20.8 Å². The monoisotopic (exact) mass is 461 g/mol. The van der Waals surface area contributed by atoms with Gasteiger partial charge in [0, 0.05) is 25.3 Å². The molecule has 1 aliphatic carbocycles. The van der Waals surface area contributed by atoms with Crippen LogP contribution in [0.2, 0.25) is 0 Å². The fourth-order valence-electron chi connectivity index (χ4n) is 4.35. The van der Waals surface area contributed by atoms with Crippen LogP contribution in [0.1, 0.15) is 60.6 Å². The summed E-state index contributed by atoms with van der Waals surface area (Å²) in [4.78, 5) is 25.4. The summed E-state index contributed by atoms with van der Waals surface area (Å²) in [6.45, 7) is 3.35. The fourth-order valence-corrected chi connectivity index (χ4v) is 4.35. The van der Waals surface area contributed by atoms with Crippen LogP contribution in [0.25, 0.3) is 11.5 Å². The highest BCUT2D eigenvalue weighted by molar-refractivity contribution is 5.96. The quantitative estimate of drug-likeness (QED) is 0.401. The first kappa shape index (κ1) is 23.6. The zero-order valence-electron chi connectivity index (χ0n) is 19.4. The Balaban J connectivity index is 1.43. The third-order valence-electron chi connectivity index (χ3n) is 6.35. The van der Waals surface area contributed by atoms with Crippen molar-refractivity contribution >= 4 is 5.91 Å². The summed E-state index contributed by atoms with van der Waals surface area (Å²) in [7, 11) is 0. The number of hydrogen-bond acceptors (Lipinski definition) is 7. The van der Waals surface area contributed by atoms with Crippen molar-refractivity contribution in [3.8, 4) is 23.1 Å². The number of carbonyl (C=O) groups excluding carboxylic acids is 1. The van der Waals surface area contributed by atoms with E-state index in [-0.39, 0.29) is 17.6 Å². The van der Waals surface area contributed by atoms with E-state index in [9.17, 15) is 15.0 Å². The summed E-state index contributed by atoms with van der Waals surface area (Å²) in [6, 6.07) is 13.7. The van der Waals surface area contributed by atoms with Crippen LogP contribution in [-0.4, -0.2) is 37.1 Å². The zero-order valence-corrected chi connectivity index (χ0v) is 19.4. The first-order chi connectivity index (χ1) is 16.5. The lowest BCUT2D eigenvalue weighted by molar-refractivity contribution is 0.0910. The topological polar surface area (TPSA) is 120 Å². The lowest BCUT2D eigenvalue weighted by Crippen LogP contribution is -2.39. The molecule has 1 aromatic carbocycles. The van der Waals surface area contributed by atoms with E-state index in [1.54, 1.807) is 12.3 Å². The van der Waals surface area contributed by atoms with E-state index >= 15 is 0 Å². The zero-order chi connectivity index (χ0) is 23.9. The molecule has 178 valence electrons. The van der Waals surface area contributed by atoms with Crippen molar-refractivity contribution in [1.82, 2.24) is 25.6 Å². The number of hydrogen-bond donors (Lipinski definition) is 4. The smallest absolute Gasteiger partial charge is 0.274 e. The third kappa shape index (κ3) is 5.88. The first-order valence-electron chi connectivity index (χ1n) is 11.8. The van der Waals surface area contributed by atoms with Crippen LogP contribution in [0, 0.1) is 5.92 Å². The molecule has 1 atom stereocenters. The first-order valence-corrected chi connectivity index (χ1v) is 11.8. The third-order valence-corrected chi connectivity index (χ3v) is 6.35. The molecule has 34 heavy (non-hydrogen) atoms. The van der Waals surface area contributed by atoms with Crippen molar-refractivity contribution in [3.05, 3.63) is 65.5 Å². The van der Waals surface area contributed by atoms with Gasteiger partial charge >= 0.3 is 0 Å². The summed E-state index contributed by atoms with van der Waals surface area (Å²) < 4.78 is 0. The van der Waals surface area contributed by atoms with Crippen LogP contribution >= 0.6 is 0 Å². The maximum absolute atomic E-state index is 12.8. The van der Waals surface area contributed by atoms with Gasteiger partial charge in [-0.25, -0.2) is 4.98 Å². The Labute approximate surface area is 199 Å². The molecule has 0 saturated heterocycles. The van der Waals surface area contributed by atoms with Crippen molar-refractivity contribution in [2.24, 2.45) is 5.92 Å². The molecule has 1 amide bonds. The van der Waals surface area contributed by atoms with Crippen molar-refractivity contribution in [2.75, 3.05) is 0 Å². The summed E-state index contributed by atoms with van der Waals surface area (Å²) in [5.74, 6) is -1.32. The van der Waals surface area contributed by atoms with Gasteiger partial charge in [0.05, 0.1) is 0 Å². The molecule has 1 saturated carbocycles. The highest BCUT2D eigenvalue weighted by Crippen LogP contribution is 2.30. The molecule has 1 unspecified atom stereocenters. The Kier molecular flexibility index (Phi) is 7.69. The normalized spacial score (nSPS) is 15.1. The molecule has 2 aromatic heterocycles. The molecule has 4 N–H and O–H groups in total. The average Bonchev–Trinajstić information content (AvgIpc) is 2.87. The highest BCUT2D eigenvalue weighted by Gasteiger charge is 2.26. The van der Waals surface area contributed by atoms with Gasteiger partial charge in [-0.15, -0.1) is 0 Å². The van der Waals surface area contributed by atoms with E-state index in [1.807, 2.05) is 31.2 Å². The lowest BCUT2D eigenvalue weighted by atomic mass is 9.84. The van der Waals surface area contributed by atoms with Gasteiger partial charge in [0.1, 0.15) is 5.69 Å². The Morgan fingerprint density at radius 1 is 1.00 bits per heavy atom. The molecule has 0 bridgehead atoms. The van der Waals surface area contributed by atoms with Gasteiger partial charge in [-0.1, -0.05) is 55.7 Å². The molecule has 8 nitrogen and oxygen atoms in total. The molecule has 8 heteroatoms. The van der Waals surface area contributed by atoms with Gasteiger partial charge in [-0.05, 0) is 42.9 Å². The minimum absolute atomic E-state index is 0.0476. The molecule has 1 fully saturated rings. The van der Waals surface area contributed by atoms with Crippen molar-refractivity contribution in [1.29, 1.82) is 0 Å². The van der Waals surface area contributed by atoms with Crippen LogP contribution in [0.15, 0.2) is 48.7 Å². The number of benzene rings is 1. The Morgan fingerprint density at radius 2 is 1.74 bits per heavy atom. The number of aromatic nitrogens is 3. The summed E-state index contributed by atoms with van der Waals surface area (Å²) in [5.41, 5.74) is 2.32. The highest BCUT2D eigenvalue weighted by atomic mass is 16.3. The second kappa shape index (κ2) is 11.1. The average molecular weight is 462 g/mol. The van der Waals surface area contributed by atoms with Crippen LogP contribution in [-0.2, 0) is 13.1 Å². The van der Waals surface area contributed by atoms with E-state index in [4.69, 9.17) is 0 Å². The molecule has 1 aliphatic rings. The van der Waals surface area contributed by atoms with E-state index in [1.165, 1.54) is 12.0 Å². The molecule has 0 aliphatic heterocycles. The SMILES string of the molecule is CC(NC(=O)c1nc(-c2ccc(CNCc3ccccc3)cn2)nc(O)c1O)C1CCCCC1. The second-order valence-electron chi connectivity index (χ2n) is 8.87. The largest absolute Gasteiger partial charge is 0.501 e. The molecule has 3 aromatic rings. The standard InChI is InChI=1S/C26H31N5O3/c1-17(20-10-6-3-7-11-20)29-25(33)22-23(32)26(34)31-24(30-22)21-13-12-19(16-28-21)15-27-14-18-8-4-2-5-9-18/h2,4-5,8-9,12-13,16-17,20,27,32H,3,6-7,10-11,14-15H2,1H3,(H,29,33)(H,30,31,34). The minimum Gasteiger partial charge on any atom is -0.501 e. The predicted octanol–water partition coefficient (Wildman–Crippen LogP) is 3.94. The van der Waals surface area contributed by atoms with Crippen LogP contribution in [0.3, 0.4) is 0 Å². The van der Waals surface area contributed by atoms with Crippen LogP contribution in [0.4, 0.5) is 0 Å². The predicted molar refractivity (Wildman–Crippen MR) is 129 cm³/mol. The molecule has 2 heterocycles. The molecule has 4 rings (SSSR count).